The van der Waals surface area contributed by atoms with Crippen molar-refractivity contribution in [3.8, 4) is 0 Å². The molecule has 0 unspecified atom stereocenters. The summed E-state index contributed by atoms with van der Waals surface area (Å²) in [5, 5.41) is 0. The number of hydrogen-bond donors (Lipinski definition) is 0. The van der Waals surface area contributed by atoms with Gasteiger partial charge in [-0.2, -0.15) is 0 Å². The van der Waals surface area contributed by atoms with E-state index in [1.54, 1.807) is 11.8 Å². The number of benzene rings is 1. The third-order valence-corrected chi connectivity index (χ3v) is 4.62. The van der Waals surface area contributed by atoms with Crippen LogP contribution in [0.25, 0.3) is 0 Å². The molecule has 1 aromatic carbocycles. The first kappa shape index (κ1) is 15.8. The number of allylic oxidation sites excluding steroid dienone is 2. The molecular formula is C13H15Br2NOS. The second-order valence-corrected chi connectivity index (χ2v) is 6.12. The summed E-state index contributed by atoms with van der Waals surface area (Å²) in [7, 11) is 0. The molecule has 1 aliphatic rings. The highest BCUT2D eigenvalue weighted by Crippen LogP contribution is 2.30. The second-order valence-electron chi connectivity index (χ2n) is 4.04. The van der Waals surface area contributed by atoms with Gasteiger partial charge >= 0.3 is 0 Å². The van der Waals surface area contributed by atoms with Crippen molar-refractivity contribution in [3.05, 3.63) is 44.9 Å². The molecule has 0 saturated heterocycles. The fraction of sp³-hybridized carbons (Fsp3) is 0.308. The summed E-state index contributed by atoms with van der Waals surface area (Å²) in [5.41, 5.74) is 2.00. The van der Waals surface area contributed by atoms with Crippen molar-refractivity contribution in [1.82, 2.24) is 4.90 Å². The number of Topliss-reactive ketones (excluding diaryl/α,β-unsaturated/α-hetero) is 1. The molecule has 1 aliphatic heterocycles. The van der Waals surface area contributed by atoms with Gasteiger partial charge in [-0.25, -0.2) is 0 Å². The lowest BCUT2D eigenvalue weighted by molar-refractivity contribution is 0.0958. The van der Waals surface area contributed by atoms with Crippen molar-refractivity contribution in [3.63, 3.8) is 0 Å². The van der Waals surface area contributed by atoms with Crippen LogP contribution in [0.3, 0.4) is 0 Å². The van der Waals surface area contributed by atoms with Crippen LogP contribution >= 0.6 is 44.7 Å². The van der Waals surface area contributed by atoms with Gasteiger partial charge in [0.1, 0.15) is 0 Å². The Hall–Kier alpha value is -0.260. The van der Waals surface area contributed by atoms with Crippen LogP contribution in [0.5, 0.6) is 0 Å². The maximum absolute atomic E-state index is 12.1. The fourth-order valence-electron chi connectivity index (χ4n) is 1.66. The Morgan fingerprint density at radius 2 is 1.94 bits per heavy atom. The van der Waals surface area contributed by atoms with Crippen LogP contribution in [0.4, 0.5) is 0 Å². The fourth-order valence-corrected chi connectivity index (χ4v) is 2.90. The van der Waals surface area contributed by atoms with E-state index in [1.165, 1.54) is 10.6 Å². The first-order chi connectivity index (χ1) is 8.08. The molecule has 18 heavy (non-hydrogen) atoms. The van der Waals surface area contributed by atoms with Gasteiger partial charge in [-0.3, -0.25) is 4.79 Å². The highest BCUT2D eigenvalue weighted by molar-refractivity contribution is 9.10. The average Bonchev–Trinajstić information content (AvgIpc) is 2.62. The summed E-state index contributed by atoms with van der Waals surface area (Å²) < 4.78 is 0.998. The average molecular weight is 393 g/mol. The van der Waals surface area contributed by atoms with Crippen LogP contribution in [0, 0.1) is 0 Å². The Kier molecular flexibility index (Phi) is 5.95. The number of carbonyl (C=O) groups is 1. The van der Waals surface area contributed by atoms with E-state index >= 15 is 0 Å². The van der Waals surface area contributed by atoms with Crippen LogP contribution in [-0.4, -0.2) is 23.1 Å². The zero-order valence-corrected chi connectivity index (χ0v) is 14.4. The SMILES string of the molecule is Br.CC1=C(C)N(CC(=O)c2ccc(Br)cc2)CS1. The lowest BCUT2D eigenvalue weighted by Crippen LogP contribution is -2.25. The van der Waals surface area contributed by atoms with Crippen LogP contribution in [0.2, 0.25) is 0 Å². The van der Waals surface area contributed by atoms with Crippen molar-refractivity contribution in [1.29, 1.82) is 0 Å². The van der Waals surface area contributed by atoms with Gasteiger partial charge in [0.2, 0.25) is 0 Å². The van der Waals surface area contributed by atoms with Crippen LogP contribution < -0.4 is 0 Å². The Morgan fingerprint density at radius 1 is 1.33 bits per heavy atom. The van der Waals surface area contributed by atoms with E-state index in [1.807, 2.05) is 24.3 Å². The zero-order valence-electron chi connectivity index (χ0n) is 10.3. The van der Waals surface area contributed by atoms with E-state index in [0.717, 1.165) is 15.9 Å². The minimum atomic E-state index is 0. The molecule has 0 N–H and O–H groups in total. The van der Waals surface area contributed by atoms with Crippen molar-refractivity contribution in [2.24, 2.45) is 0 Å². The molecule has 0 amide bonds. The smallest absolute Gasteiger partial charge is 0.182 e. The molecule has 0 spiro atoms. The predicted molar refractivity (Wildman–Crippen MR) is 86.3 cm³/mol. The summed E-state index contributed by atoms with van der Waals surface area (Å²) in [6.07, 6.45) is 0. The van der Waals surface area contributed by atoms with Gasteiger partial charge in [0.25, 0.3) is 0 Å². The quantitative estimate of drug-likeness (QED) is 0.708. The highest BCUT2D eigenvalue weighted by Gasteiger charge is 2.19. The molecule has 0 bridgehead atoms. The minimum Gasteiger partial charge on any atom is -0.357 e. The Labute approximate surface area is 131 Å². The van der Waals surface area contributed by atoms with Crippen molar-refractivity contribution in [2.45, 2.75) is 13.8 Å². The van der Waals surface area contributed by atoms with E-state index in [0.29, 0.717) is 6.54 Å². The van der Waals surface area contributed by atoms with Gasteiger partial charge in [0.15, 0.2) is 5.78 Å². The van der Waals surface area contributed by atoms with Gasteiger partial charge in [0.05, 0.1) is 12.4 Å². The second kappa shape index (κ2) is 6.78. The maximum Gasteiger partial charge on any atom is 0.182 e. The molecule has 0 aliphatic carbocycles. The summed E-state index contributed by atoms with van der Waals surface area (Å²) in [4.78, 5) is 15.5. The third kappa shape index (κ3) is 3.62. The topological polar surface area (TPSA) is 20.3 Å². The van der Waals surface area contributed by atoms with Crippen LogP contribution in [0.15, 0.2) is 39.3 Å². The van der Waals surface area contributed by atoms with Gasteiger partial charge in [-0.15, -0.1) is 28.7 Å². The molecule has 5 heteroatoms. The lowest BCUT2D eigenvalue weighted by Gasteiger charge is -2.18. The Balaban J connectivity index is 0.00000162. The number of thioether (sulfide) groups is 1. The molecule has 98 valence electrons. The van der Waals surface area contributed by atoms with Crippen molar-refractivity contribution < 1.29 is 4.79 Å². The largest absolute Gasteiger partial charge is 0.357 e. The van der Waals surface area contributed by atoms with E-state index in [9.17, 15) is 4.79 Å². The van der Waals surface area contributed by atoms with Gasteiger partial charge in [-0.1, -0.05) is 28.1 Å². The molecule has 1 heterocycles. The normalized spacial score (nSPS) is 14.7. The number of hydrogen-bond acceptors (Lipinski definition) is 3. The molecule has 0 aromatic heterocycles. The third-order valence-electron chi connectivity index (χ3n) is 2.92. The summed E-state index contributed by atoms with van der Waals surface area (Å²) >= 11 is 5.17. The molecule has 2 rings (SSSR count). The monoisotopic (exact) mass is 391 g/mol. The number of halogens is 2. The Morgan fingerprint density at radius 3 is 2.44 bits per heavy atom. The zero-order chi connectivity index (χ0) is 12.4. The van der Waals surface area contributed by atoms with E-state index in [4.69, 9.17) is 0 Å². The lowest BCUT2D eigenvalue weighted by atomic mass is 10.1. The molecule has 0 atom stereocenters. The number of ketones is 1. The van der Waals surface area contributed by atoms with Crippen molar-refractivity contribution in [2.75, 3.05) is 12.4 Å². The Bertz CT molecular complexity index is 470. The van der Waals surface area contributed by atoms with Crippen LogP contribution in [-0.2, 0) is 0 Å². The number of rotatable bonds is 3. The van der Waals surface area contributed by atoms with E-state index in [-0.39, 0.29) is 22.8 Å². The van der Waals surface area contributed by atoms with E-state index < -0.39 is 0 Å². The van der Waals surface area contributed by atoms with Gasteiger partial charge in [-0.05, 0) is 26.0 Å². The summed E-state index contributed by atoms with van der Waals surface area (Å²) in [5.74, 6) is 1.06. The predicted octanol–water partition coefficient (Wildman–Crippen LogP) is 4.47. The molecular weight excluding hydrogens is 378 g/mol. The van der Waals surface area contributed by atoms with Crippen LogP contribution in [0.1, 0.15) is 24.2 Å². The molecule has 1 aromatic rings. The minimum absolute atomic E-state index is 0. The molecule has 0 fully saturated rings. The summed E-state index contributed by atoms with van der Waals surface area (Å²) in [6, 6.07) is 7.53. The standard InChI is InChI=1S/C13H14BrNOS.BrH/c1-9-10(2)17-8-15(9)7-13(16)11-3-5-12(14)6-4-11;/h3-6H,7-8H2,1-2H3;1H. The summed E-state index contributed by atoms with van der Waals surface area (Å²) in [6.45, 7) is 4.64. The first-order valence-corrected chi connectivity index (χ1v) is 7.20. The van der Waals surface area contributed by atoms with Crippen molar-refractivity contribution >= 4 is 50.5 Å². The van der Waals surface area contributed by atoms with E-state index in [2.05, 4.69) is 34.7 Å². The highest BCUT2D eigenvalue weighted by atomic mass is 79.9. The molecule has 0 saturated carbocycles. The molecule has 0 radical (unpaired) electrons. The van der Waals surface area contributed by atoms with Gasteiger partial charge < -0.3 is 4.90 Å². The number of carbonyl (C=O) groups excluding carboxylic acids is 1. The first-order valence-electron chi connectivity index (χ1n) is 5.42. The molecule has 2 nitrogen and oxygen atoms in total. The van der Waals surface area contributed by atoms with Gasteiger partial charge in [0, 0.05) is 20.6 Å². The maximum atomic E-state index is 12.1. The number of nitrogens with zero attached hydrogens (tertiary/aromatic N) is 1.